The largest absolute Gasteiger partial charge is 0.375 e. The van der Waals surface area contributed by atoms with E-state index in [-0.39, 0.29) is 17.8 Å². The number of rotatable bonds is 3. The van der Waals surface area contributed by atoms with Crippen LogP contribution in [0.2, 0.25) is 0 Å². The van der Waals surface area contributed by atoms with Crippen LogP contribution in [0.5, 0.6) is 0 Å². The lowest BCUT2D eigenvalue weighted by Crippen LogP contribution is -2.48. The number of hydrogen-bond acceptors (Lipinski definition) is 6. The lowest BCUT2D eigenvalue weighted by molar-refractivity contribution is -0.0545. The highest BCUT2D eigenvalue weighted by Crippen LogP contribution is 2.23. The molecular weight excluding hydrogens is 346 g/mol. The van der Waals surface area contributed by atoms with Gasteiger partial charge < -0.3 is 14.4 Å². The van der Waals surface area contributed by atoms with Crippen molar-refractivity contribution in [3.8, 4) is 5.69 Å². The zero-order chi connectivity index (χ0) is 18.2. The van der Waals surface area contributed by atoms with E-state index >= 15 is 0 Å². The number of morpholine rings is 1. The molecule has 1 aromatic carbocycles. The smallest absolute Gasteiger partial charge is 0.263 e. The SMILES string of the molecule is O=c1[nH]c(N2CCOC(C3CCCO3)C2)nc2c1cnn2-c1ccccc1. The number of benzene rings is 1. The Bertz CT molecular complexity index is 993. The van der Waals surface area contributed by atoms with Crippen molar-refractivity contribution in [2.75, 3.05) is 31.2 Å². The first-order chi connectivity index (χ1) is 13.3. The van der Waals surface area contributed by atoms with Gasteiger partial charge in [-0.05, 0) is 25.0 Å². The minimum atomic E-state index is -0.183. The maximum absolute atomic E-state index is 12.6. The number of nitrogens with zero attached hydrogens (tertiary/aromatic N) is 4. The maximum atomic E-state index is 12.6. The number of anilines is 1. The molecule has 8 nitrogen and oxygen atoms in total. The van der Waals surface area contributed by atoms with Crippen molar-refractivity contribution in [3.05, 3.63) is 46.9 Å². The van der Waals surface area contributed by atoms with Crippen LogP contribution in [0.4, 0.5) is 5.95 Å². The van der Waals surface area contributed by atoms with E-state index in [0.717, 1.165) is 25.1 Å². The molecule has 2 atom stereocenters. The number of aromatic nitrogens is 4. The van der Waals surface area contributed by atoms with Gasteiger partial charge in [0, 0.05) is 19.7 Å². The Morgan fingerprint density at radius 1 is 1.11 bits per heavy atom. The molecule has 27 heavy (non-hydrogen) atoms. The van der Waals surface area contributed by atoms with Crippen molar-refractivity contribution in [3.63, 3.8) is 0 Å². The van der Waals surface area contributed by atoms with Gasteiger partial charge in [0.2, 0.25) is 5.95 Å². The Balaban J connectivity index is 1.51. The fraction of sp³-hybridized carbons (Fsp3) is 0.421. The molecule has 2 aliphatic rings. The van der Waals surface area contributed by atoms with E-state index in [9.17, 15) is 4.79 Å². The molecule has 0 saturated carbocycles. The number of para-hydroxylation sites is 1. The highest BCUT2D eigenvalue weighted by molar-refractivity contribution is 5.76. The molecule has 2 fully saturated rings. The van der Waals surface area contributed by atoms with E-state index in [1.54, 1.807) is 10.9 Å². The number of fused-ring (bicyclic) bond motifs is 1. The molecule has 2 aromatic heterocycles. The number of ether oxygens (including phenoxy) is 2. The van der Waals surface area contributed by atoms with E-state index in [2.05, 4.69) is 15.0 Å². The number of H-pyrrole nitrogens is 1. The van der Waals surface area contributed by atoms with Crippen LogP contribution in [0.3, 0.4) is 0 Å². The summed E-state index contributed by atoms with van der Waals surface area (Å²) in [6, 6.07) is 9.70. The van der Waals surface area contributed by atoms with Crippen LogP contribution in [0.15, 0.2) is 41.3 Å². The molecule has 2 saturated heterocycles. The first-order valence-electron chi connectivity index (χ1n) is 9.31. The van der Waals surface area contributed by atoms with Gasteiger partial charge in [-0.25, -0.2) is 4.68 Å². The predicted octanol–water partition coefficient (Wildman–Crippen LogP) is 1.49. The Labute approximate surface area is 155 Å². The second-order valence-corrected chi connectivity index (χ2v) is 6.93. The second-order valence-electron chi connectivity index (χ2n) is 6.93. The van der Waals surface area contributed by atoms with Gasteiger partial charge in [-0.1, -0.05) is 18.2 Å². The fourth-order valence-electron chi connectivity index (χ4n) is 3.80. The predicted molar refractivity (Wildman–Crippen MR) is 100 cm³/mol. The monoisotopic (exact) mass is 367 g/mol. The van der Waals surface area contributed by atoms with Crippen molar-refractivity contribution in [1.82, 2.24) is 19.7 Å². The molecule has 0 aliphatic carbocycles. The van der Waals surface area contributed by atoms with Gasteiger partial charge >= 0.3 is 0 Å². The molecule has 0 spiro atoms. The summed E-state index contributed by atoms with van der Waals surface area (Å²) in [5.41, 5.74) is 1.24. The molecule has 8 heteroatoms. The highest BCUT2D eigenvalue weighted by atomic mass is 16.5. The van der Waals surface area contributed by atoms with Crippen LogP contribution < -0.4 is 10.5 Å². The lowest BCUT2D eigenvalue weighted by atomic mass is 10.1. The quantitative estimate of drug-likeness (QED) is 0.755. The number of aromatic amines is 1. The molecule has 5 rings (SSSR count). The van der Waals surface area contributed by atoms with Crippen LogP contribution in [0.1, 0.15) is 12.8 Å². The number of hydrogen-bond donors (Lipinski definition) is 1. The van der Waals surface area contributed by atoms with Crippen LogP contribution in [0, 0.1) is 0 Å². The molecule has 0 bridgehead atoms. The van der Waals surface area contributed by atoms with Gasteiger partial charge in [0.05, 0.1) is 24.6 Å². The molecule has 2 unspecified atom stereocenters. The lowest BCUT2D eigenvalue weighted by Gasteiger charge is -2.35. The normalized spacial score (nSPS) is 23.2. The summed E-state index contributed by atoms with van der Waals surface area (Å²) in [4.78, 5) is 22.3. The molecule has 4 heterocycles. The molecular formula is C19H21N5O3. The molecule has 3 aromatic rings. The van der Waals surface area contributed by atoms with E-state index < -0.39 is 0 Å². The van der Waals surface area contributed by atoms with Gasteiger partial charge in [-0.2, -0.15) is 10.1 Å². The van der Waals surface area contributed by atoms with E-state index in [4.69, 9.17) is 14.5 Å². The zero-order valence-corrected chi connectivity index (χ0v) is 14.9. The average molecular weight is 367 g/mol. The van der Waals surface area contributed by atoms with Gasteiger partial charge in [0.15, 0.2) is 5.65 Å². The molecule has 140 valence electrons. The van der Waals surface area contributed by atoms with E-state index in [0.29, 0.717) is 36.7 Å². The van der Waals surface area contributed by atoms with Gasteiger partial charge in [-0.15, -0.1) is 0 Å². The standard InChI is InChI=1S/C19H21N5O3/c25-18-14-11-20-24(13-5-2-1-3-6-13)17(14)21-19(22-18)23-8-10-27-16(12-23)15-7-4-9-26-15/h1-3,5-6,11,15-16H,4,7-10,12H2,(H,21,22,25). The minimum absolute atomic E-state index is 0.00119. The van der Waals surface area contributed by atoms with E-state index in [1.165, 1.54) is 0 Å². The van der Waals surface area contributed by atoms with Crippen molar-refractivity contribution >= 4 is 17.0 Å². The highest BCUT2D eigenvalue weighted by Gasteiger charge is 2.32. The minimum Gasteiger partial charge on any atom is -0.375 e. The first-order valence-corrected chi connectivity index (χ1v) is 9.31. The number of nitrogens with one attached hydrogen (secondary N) is 1. The van der Waals surface area contributed by atoms with E-state index in [1.807, 2.05) is 30.3 Å². The van der Waals surface area contributed by atoms with Crippen molar-refractivity contribution in [1.29, 1.82) is 0 Å². The summed E-state index contributed by atoms with van der Waals surface area (Å²) in [5, 5.41) is 4.84. The third-order valence-corrected chi connectivity index (χ3v) is 5.20. The fourth-order valence-corrected chi connectivity index (χ4v) is 3.80. The van der Waals surface area contributed by atoms with Crippen molar-refractivity contribution in [2.45, 2.75) is 25.0 Å². The summed E-state index contributed by atoms with van der Waals surface area (Å²) in [5.74, 6) is 0.552. The Morgan fingerprint density at radius 2 is 1.96 bits per heavy atom. The molecule has 0 radical (unpaired) electrons. The van der Waals surface area contributed by atoms with Gasteiger partial charge in [0.1, 0.15) is 11.5 Å². The van der Waals surface area contributed by atoms with Gasteiger partial charge in [0.25, 0.3) is 5.56 Å². The third kappa shape index (κ3) is 3.00. The maximum Gasteiger partial charge on any atom is 0.263 e. The summed E-state index contributed by atoms with van der Waals surface area (Å²) < 4.78 is 13.4. The topological polar surface area (TPSA) is 85.3 Å². The molecule has 1 N–H and O–H groups in total. The second kappa shape index (κ2) is 6.79. The average Bonchev–Trinajstić information content (AvgIpc) is 3.39. The summed E-state index contributed by atoms with van der Waals surface area (Å²) in [6.07, 6.45) is 3.77. The Kier molecular flexibility index (Phi) is 4.14. The summed E-state index contributed by atoms with van der Waals surface area (Å²) >= 11 is 0. The van der Waals surface area contributed by atoms with Crippen LogP contribution in [-0.2, 0) is 9.47 Å². The van der Waals surface area contributed by atoms with Crippen LogP contribution in [0.25, 0.3) is 16.7 Å². The van der Waals surface area contributed by atoms with Crippen LogP contribution in [-0.4, -0.2) is 58.3 Å². The summed E-state index contributed by atoms with van der Waals surface area (Å²) in [7, 11) is 0. The molecule has 0 amide bonds. The Morgan fingerprint density at radius 3 is 2.78 bits per heavy atom. The van der Waals surface area contributed by atoms with Gasteiger partial charge in [-0.3, -0.25) is 9.78 Å². The first kappa shape index (κ1) is 16.5. The molecule has 2 aliphatic heterocycles. The Hall–Kier alpha value is -2.71. The van der Waals surface area contributed by atoms with Crippen molar-refractivity contribution in [2.24, 2.45) is 0 Å². The van der Waals surface area contributed by atoms with Crippen LogP contribution >= 0.6 is 0 Å². The van der Waals surface area contributed by atoms with Crippen molar-refractivity contribution < 1.29 is 9.47 Å². The summed E-state index contributed by atoms with van der Waals surface area (Å²) in [6.45, 7) is 2.71. The third-order valence-electron chi connectivity index (χ3n) is 5.20. The zero-order valence-electron chi connectivity index (χ0n) is 14.9.